The second-order valence-corrected chi connectivity index (χ2v) is 5.08. The number of nitrogens with two attached hydrogens (primary N) is 1. The average Bonchev–Trinajstić information content (AvgIpc) is 2.40. The van der Waals surface area contributed by atoms with Crippen molar-refractivity contribution in [3.05, 3.63) is 33.4 Å². The van der Waals surface area contributed by atoms with Crippen LogP contribution in [0.5, 0.6) is 5.75 Å². The summed E-state index contributed by atoms with van der Waals surface area (Å²) in [7, 11) is 1.47. The number of ether oxygens (including phenoxy) is 1. The van der Waals surface area contributed by atoms with Crippen LogP contribution >= 0.6 is 12.4 Å². The molecule has 2 N–H and O–H groups in total. The molecule has 0 fully saturated rings. The fourth-order valence-corrected chi connectivity index (χ4v) is 2.93. The topological polar surface area (TPSA) is 78.4 Å². The van der Waals surface area contributed by atoms with E-state index in [1.807, 2.05) is 6.07 Å². The van der Waals surface area contributed by atoms with Gasteiger partial charge in [0.25, 0.3) is 0 Å². The van der Waals surface area contributed by atoms with E-state index in [4.69, 9.17) is 10.5 Å². The molecule has 0 heterocycles. The second kappa shape index (κ2) is 6.90. The SMILES string of the molecule is CCCC1c2cc([N+](=O)[O-])c(OC)cc2CCC1N.Cl. The van der Waals surface area contributed by atoms with Crippen LogP contribution in [-0.2, 0) is 6.42 Å². The molecule has 0 saturated heterocycles. The summed E-state index contributed by atoms with van der Waals surface area (Å²) in [5.74, 6) is 0.563. The van der Waals surface area contributed by atoms with Crippen LogP contribution in [0.25, 0.3) is 0 Å². The Kier molecular flexibility index (Phi) is 5.77. The third-order valence-electron chi connectivity index (χ3n) is 3.90. The third kappa shape index (κ3) is 3.04. The van der Waals surface area contributed by atoms with Gasteiger partial charge in [-0.05, 0) is 42.4 Å². The number of benzene rings is 1. The Morgan fingerprint density at radius 3 is 2.75 bits per heavy atom. The number of nitro benzene ring substituents is 1. The smallest absolute Gasteiger partial charge is 0.311 e. The van der Waals surface area contributed by atoms with Crippen LogP contribution in [0.4, 0.5) is 5.69 Å². The number of nitrogens with zero attached hydrogens (tertiary/aromatic N) is 1. The van der Waals surface area contributed by atoms with E-state index in [9.17, 15) is 10.1 Å². The number of rotatable bonds is 4. The average molecular weight is 301 g/mol. The molecule has 112 valence electrons. The van der Waals surface area contributed by atoms with E-state index in [1.165, 1.54) is 7.11 Å². The van der Waals surface area contributed by atoms with Gasteiger partial charge in [-0.2, -0.15) is 0 Å². The maximum atomic E-state index is 11.1. The molecule has 2 unspecified atom stereocenters. The first kappa shape index (κ1) is 16.7. The van der Waals surface area contributed by atoms with E-state index in [2.05, 4.69) is 6.92 Å². The van der Waals surface area contributed by atoms with Crippen LogP contribution in [0.1, 0.15) is 43.2 Å². The van der Waals surface area contributed by atoms with Crippen LogP contribution < -0.4 is 10.5 Å². The van der Waals surface area contributed by atoms with Gasteiger partial charge in [0.15, 0.2) is 5.75 Å². The predicted molar refractivity (Wildman–Crippen MR) is 80.8 cm³/mol. The number of halogens is 1. The van der Waals surface area contributed by atoms with Gasteiger partial charge in [-0.15, -0.1) is 12.4 Å². The van der Waals surface area contributed by atoms with E-state index < -0.39 is 0 Å². The van der Waals surface area contributed by atoms with E-state index in [0.29, 0.717) is 5.75 Å². The highest BCUT2D eigenvalue weighted by Crippen LogP contribution is 2.40. The summed E-state index contributed by atoms with van der Waals surface area (Å²) in [6.45, 7) is 2.11. The van der Waals surface area contributed by atoms with Crippen molar-refractivity contribution in [2.45, 2.75) is 44.6 Å². The molecule has 5 nitrogen and oxygen atoms in total. The van der Waals surface area contributed by atoms with Crippen LogP contribution in [0.15, 0.2) is 12.1 Å². The molecule has 1 aliphatic rings. The molecular formula is C14H21ClN2O3. The second-order valence-electron chi connectivity index (χ2n) is 5.08. The monoisotopic (exact) mass is 300 g/mol. The number of hydrogen-bond acceptors (Lipinski definition) is 4. The first-order valence-electron chi connectivity index (χ1n) is 6.69. The minimum Gasteiger partial charge on any atom is -0.490 e. The maximum Gasteiger partial charge on any atom is 0.311 e. The van der Waals surface area contributed by atoms with Gasteiger partial charge < -0.3 is 10.5 Å². The largest absolute Gasteiger partial charge is 0.490 e. The highest BCUT2D eigenvalue weighted by atomic mass is 35.5. The van der Waals surface area contributed by atoms with E-state index in [-0.39, 0.29) is 35.0 Å². The number of methoxy groups -OCH3 is 1. The molecule has 0 spiro atoms. The van der Waals surface area contributed by atoms with E-state index >= 15 is 0 Å². The lowest BCUT2D eigenvalue weighted by Gasteiger charge is -2.31. The summed E-state index contributed by atoms with van der Waals surface area (Å²) in [6, 6.07) is 3.57. The summed E-state index contributed by atoms with van der Waals surface area (Å²) in [4.78, 5) is 10.7. The number of aryl methyl sites for hydroxylation is 1. The Balaban J connectivity index is 0.00000200. The van der Waals surface area contributed by atoms with Crippen LogP contribution in [0.2, 0.25) is 0 Å². The molecule has 0 aliphatic heterocycles. The fraction of sp³-hybridized carbons (Fsp3) is 0.571. The van der Waals surface area contributed by atoms with Gasteiger partial charge in [-0.25, -0.2) is 0 Å². The summed E-state index contributed by atoms with van der Waals surface area (Å²) < 4.78 is 5.12. The van der Waals surface area contributed by atoms with Gasteiger partial charge in [0.2, 0.25) is 0 Å². The van der Waals surface area contributed by atoms with Crippen molar-refractivity contribution < 1.29 is 9.66 Å². The third-order valence-corrected chi connectivity index (χ3v) is 3.90. The molecule has 2 rings (SSSR count). The minimum atomic E-state index is -0.387. The van der Waals surface area contributed by atoms with Gasteiger partial charge in [0.05, 0.1) is 12.0 Å². The Morgan fingerprint density at radius 1 is 1.50 bits per heavy atom. The molecule has 1 aliphatic carbocycles. The standard InChI is InChI=1S/C14H20N2O3.ClH/c1-3-4-10-11-8-13(16(17)18)14(19-2)7-9(11)5-6-12(10)15;/h7-8,10,12H,3-6,15H2,1-2H3;1H. The zero-order chi connectivity index (χ0) is 14.0. The fourth-order valence-electron chi connectivity index (χ4n) is 2.93. The lowest BCUT2D eigenvalue weighted by atomic mass is 9.77. The van der Waals surface area contributed by atoms with E-state index in [0.717, 1.165) is 36.8 Å². The lowest BCUT2D eigenvalue weighted by Crippen LogP contribution is -2.33. The quantitative estimate of drug-likeness (QED) is 0.684. The maximum absolute atomic E-state index is 11.1. The molecule has 0 radical (unpaired) electrons. The molecule has 0 saturated carbocycles. The number of hydrogen-bond donors (Lipinski definition) is 1. The first-order chi connectivity index (χ1) is 9.08. The van der Waals surface area contributed by atoms with Crippen molar-refractivity contribution in [2.75, 3.05) is 7.11 Å². The highest BCUT2D eigenvalue weighted by molar-refractivity contribution is 5.85. The normalized spacial score (nSPS) is 20.8. The van der Waals surface area contributed by atoms with Gasteiger partial charge in [0, 0.05) is 12.1 Å². The van der Waals surface area contributed by atoms with Crippen molar-refractivity contribution >= 4 is 18.1 Å². The van der Waals surface area contributed by atoms with Crippen molar-refractivity contribution in [3.8, 4) is 5.75 Å². The Labute approximate surface area is 125 Å². The van der Waals surface area contributed by atoms with Crippen LogP contribution in [-0.4, -0.2) is 18.1 Å². The van der Waals surface area contributed by atoms with Crippen molar-refractivity contribution in [2.24, 2.45) is 5.73 Å². The molecule has 0 aromatic heterocycles. The van der Waals surface area contributed by atoms with Gasteiger partial charge >= 0.3 is 5.69 Å². The summed E-state index contributed by atoms with van der Waals surface area (Å²) in [5, 5.41) is 11.1. The Hall–Kier alpha value is -1.33. The Morgan fingerprint density at radius 2 is 2.20 bits per heavy atom. The van der Waals surface area contributed by atoms with Gasteiger partial charge in [0.1, 0.15) is 0 Å². The number of fused-ring (bicyclic) bond motifs is 1. The van der Waals surface area contributed by atoms with Crippen molar-refractivity contribution in [1.82, 2.24) is 0 Å². The summed E-state index contributed by atoms with van der Waals surface area (Å²) in [5.41, 5.74) is 8.39. The molecule has 6 heteroatoms. The highest BCUT2D eigenvalue weighted by Gasteiger charge is 2.30. The molecule has 2 atom stereocenters. The number of nitro groups is 1. The summed E-state index contributed by atoms with van der Waals surface area (Å²) >= 11 is 0. The molecule has 20 heavy (non-hydrogen) atoms. The van der Waals surface area contributed by atoms with E-state index in [1.54, 1.807) is 6.07 Å². The molecular weight excluding hydrogens is 280 g/mol. The summed E-state index contributed by atoms with van der Waals surface area (Å²) in [6.07, 6.45) is 3.79. The molecule has 1 aromatic carbocycles. The van der Waals surface area contributed by atoms with Crippen LogP contribution in [0.3, 0.4) is 0 Å². The predicted octanol–water partition coefficient (Wildman–Crippen LogP) is 3.18. The van der Waals surface area contributed by atoms with Gasteiger partial charge in [-0.1, -0.05) is 13.3 Å². The Bertz CT molecular complexity index is 494. The lowest BCUT2D eigenvalue weighted by molar-refractivity contribution is -0.385. The minimum absolute atomic E-state index is 0. The van der Waals surface area contributed by atoms with Crippen molar-refractivity contribution in [3.63, 3.8) is 0 Å². The molecule has 0 amide bonds. The van der Waals surface area contributed by atoms with Gasteiger partial charge in [-0.3, -0.25) is 10.1 Å². The molecule has 0 bridgehead atoms. The molecule has 1 aromatic rings. The zero-order valence-corrected chi connectivity index (χ0v) is 12.6. The first-order valence-corrected chi connectivity index (χ1v) is 6.69. The van der Waals surface area contributed by atoms with Crippen LogP contribution in [0, 0.1) is 10.1 Å². The zero-order valence-electron chi connectivity index (χ0n) is 11.8. The van der Waals surface area contributed by atoms with Crippen molar-refractivity contribution in [1.29, 1.82) is 0 Å².